The zero-order valence-electron chi connectivity index (χ0n) is 14.7. The molecule has 2 N–H and O–H groups in total. The summed E-state index contributed by atoms with van der Waals surface area (Å²) in [5.74, 6) is -0.895. The zero-order valence-corrected chi connectivity index (χ0v) is 15.5. The van der Waals surface area contributed by atoms with Crippen LogP contribution in [-0.4, -0.2) is 26.9 Å². The van der Waals surface area contributed by atoms with Crippen LogP contribution in [0.1, 0.15) is 11.1 Å². The predicted octanol–water partition coefficient (Wildman–Crippen LogP) is 3.29. The number of carbonyl (C=O) groups is 1. The van der Waals surface area contributed by atoms with Gasteiger partial charge in [-0.3, -0.25) is 9.52 Å². The van der Waals surface area contributed by atoms with Crippen molar-refractivity contribution < 1.29 is 31.1 Å². The van der Waals surface area contributed by atoms with E-state index in [9.17, 15) is 26.4 Å². The fourth-order valence-electron chi connectivity index (χ4n) is 2.16. The number of ether oxygens (including phenoxy) is 1. The Labute approximate surface area is 160 Å². The van der Waals surface area contributed by atoms with Gasteiger partial charge in [0, 0.05) is 23.9 Å². The van der Waals surface area contributed by atoms with E-state index in [4.69, 9.17) is 0 Å². The molecule has 0 saturated carbocycles. The molecular weight excluding hydrogens is 397 g/mol. The van der Waals surface area contributed by atoms with Crippen molar-refractivity contribution in [3.8, 4) is 5.75 Å². The summed E-state index contributed by atoms with van der Waals surface area (Å²) in [4.78, 5) is 11.9. The lowest BCUT2D eigenvalue weighted by atomic mass is 10.2. The topological polar surface area (TPSA) is 84.5 Å². The Morgan fingerprint density at radius 3 is 2.36 bits per heavy atom. The molecule has 150 valence electrons. The molecule has 2 rings (SSSR count). The number of carbonyl (C=O) groups excluding carboxylic acids is 1. The van der Waals surface area contributed by atoms with Crippen molar-refractivity contribution in [3.63, 3.8) is 0 Å². The highest BCUT2D eigenvalue weighted by Crippen LogP contribution is 2.26. The van der Waals surface area contributed by atoms with Gasteiger partial charge in [-0.15, -0.1) is 13.2 Å². The van der Waals surface area contributed by atoms with Gasteiger partial charge in [0.05, 0.1) is 6.26 Å². The van der Waals surface area contributed by atoms with Crippen LogP contribution in [0.3, 0.4) is 0 Å². The van der Waals surface area contributed by atoms with E-state index in [-0.39, 0.29) is 17.9 Å². The minimum atomic E-state index is -4.82. The number of hydrogen-bond donors (Lipinski definition) is 2. The Bertz CT molecular complexity index is 956. The second-order valence-corrected chi connectivity index (χ2v) is 7.45. The lowest BCUT2D eigenvalue weighted by Gasteiger charge is -2.13. The predicted molar refractivity (Wildman–Crippen MR) is 98.9 cm³/mol. The molecule has 0 saturated heterocycles. The minimum Gasteiger partial charge on any atom is -0.405 e. The molecule has 10 heteroatoms. The Kier molecular flexibility index (Phi) is 6.68. The molecule has 2 aromatic carbocycles. The van der Waals surface area contributed by atoms with Gasteiger partial charge in [-0.05, 0) is 29.8 Å². The van der Waals surface area contributed by atoms with Gasteiger partial charge in [0.25, 0.3) is 0 Å². The molecule has 0 spiro atoms. The first kappa shape index (κ1) is 21.3. The lowest BCUT2D eigenvalue weighted by molar-refractivity contribution is -0.274. The number of hydrogen-bond acceptors (Lipinski definition) is 4. The number of alkyl halides is 3. The molecule has 6 nitrogen and oxygen atoms in total. The average Bonchev–Trinajstić information content (AvgIpc) is 2.58. The van der Waals surface area contributed by atoms with Gasteiger partial charge in [-0.1, -0.05) is 30.3 Å². The summed E-state index contributed by atoms with van der Waals surface area (Å²) in [6, 6.07) is 11.8. The van der Waals surface area contributed by atoms with Crippen LogP contribution < -0.4 is 14.8 Å². The molecule has 0 aliphatic heterocycles. The SMILES string of the molecule is CS(=O)(=O)Nc1ccc(/C=C/C(=O)NCc2ccccc2OC(F)(F)F)cc1. The van der Waals surface area contributed by atoms with Crippen molar-refractivity contribution in [1.82, 2.24) is 5.32 Å². The molecule has 0 atom stereocenters. The van der Waals surface area contributed by atoms with Crippen LogP contribution in [0.15, 0.2) is 54.6 Å². The quantitative estimate of drug-likeness (QED) is 0.681. The van der Waals surface area contributed by atoms with Crippen LogP contribution in [0.4, 0.5) is 18.9 Å². The smallest absolute Gasteiger partial charge is 0.405 e. The molecule has 0 unspecified atom stereocenters. The third-order valence-electron chi connectivity index (χ3n) is 3.29. The van der Waals surface area contributed by atoms with Gasteiger partial charge >= 0.3 is 6.36 Å². The normalized spacial score (nSPS) is 12.0. The van der Waals surface area contributed by atoms with Gasteiger partial charge in [0.15, 0.2) is 0 Å². The number of anilines is 1. The van der Waals surface area contributed by atoms with Crippen molar-refractivity contribution in [2.45, 2.75) is 12.9 Å². The Hall–Kier alpha value is -3.01. The Balaban J connectivity index is 1.94. The van der Waals surface area contributed by atoms with E-state index in [1.54, 1.807) is 12.1 Å². The van der Waals surface area contributed by atoms with Gasteiger partial charge in [0.1, 0.15) is 5.75 Å². The van der Waals surface area contributed by atoms with Gasteiger partial charge < -0.3 is 10.1 Å². The number of rotatable bonds is 7. The number of para-hydroxylation sites is 1. The molecule has 2 aromatic rings. The van der Waals surface area contributed by atoms with Crippen molar-refractivity contribution >= 4 is 27.7 Å². The number of halogens is 3. The highest BCUT2D eigenvalue weighted by Gasteiger charge is 2.31. The van der Waals surface area contributed by atoms with E-state index in [0.29, 0.717) is 11.3 Å². The molecule has 0 aliphatic rings. The second kappa shape index (κ2) is 8.79. The zero-order chi connectivity index (χ0) is 20.8. The third-order valence-corrected chi connectivity index (χ3v) is 3.90. The minimum absolute atomic E-state index is 0.146. The first-order valence-electron chi connectivity index (χ1n) is 7.89. The lowest BCUT2D eigenvalue weighted by Crippen LogP contribution is -2.22. The van der Waals surface area contributed by atoms with Gasteiger partial charge in [0.2, 0.25) is 15.9 Å². The standard InChI is InChI=1S/C18H17F3N2O4S/c1-28(25,26)23-15-9-6-13(7-10-15)8-11-17(24)22-12-14-4-2-3-5-16(14)27-18(19,20)21/h2-11,23H,12H2,1H3,(H,22,24)/b11-8+. The maximum atomic E-state index is 12.4. The number of benzene rings is 2. The molecule has 28 heavy (non-hydrogen) atoms. The van der Waals surface area contributed by atoms with Crippen molar-refractivity contribution in [3.05, 3.63) is 65.7 Å². The maximum Gasteiger partial charge on any atom is 0.573 e. The van der Waals surface area contributed by atoms with Crippen molar-refractivity contribution in [2.24, 2.45) is 0 Å². The monoisotopic (exact) mass is 414 g/mol. The summed E-state index contributed by atoms with van der Waals surface area (Å²) in [6.07, 6.45) is -1.09. The van der Waals surface area contributed by atoms with Crippen LogP contribution >= 0.6 is 0 Å². The first-order valence-corrected chi connectivity index (χ1v) is 9.78. The molecule has 0 heterocycles. The van der Waals surface area contributed by atoms with Gasteiger partial charge in [-0.25, -0.2) is 8.42 Å². The summed E-state index contributed by atoms with van der Waals surface area (Å²) in [5.41, 5.74) is 1.19. The van der Waals surface area contributed by atoms with Crippen LogP contribution in [0.5, 0.6) is 5.75 Å². The van der Waals surface area contributed by atoms with Crippen LogP contribution in [0.25, 0.3) is 6.08 Å². The van der Waals surface area contributed by atoms with Crippen LogP contribution in [0.2, 0.25) is 0 Å². The van der Waals surface area contributed by atoms with E-state index in [2.05, 4.69) is 14.8 Å². The highest BCUT2D eigenvalue weighted by atomic mass is 32.2. The van der Waals surface area contributed by atoms with Crippen molar-refractivity contribution in [1.29, 1.82) is 0 Å². The molecule has 1 amide bonds. The molecule has 0 aromatic heterocycles. The summed E-state index contributed by atoms with van der Waals surface area (Å²) in [7, 11) is -3.38. The number of sulfonamides is 1. The average molecular weight is 414 g/mol. The Morgan fingerprint density at radius 2 is 1.75 bits per heavy atom. The third kappa shape index (κ3) is 7.70. The maximum absolute atomic E-state index is 12.4. The van der Waals surface area contributed by atoms with E-state index >= 15 is 0 Å². The van der Waals surface area contributed by atoms with E-state index in [1.165, 1.54) is 42.5 Å². The van der Waals surface area contributed by atoms with Crippen LogP contribution in [-0.2, 0) is 21.4 Å². The molecule has 0 aliphatic carbocycles. The Morgan fingerprint density at radius 1 is 1.11 bits per heavy atom. The van der Waals surface area contributed by atoms with Gasteiger partial charge in [-0.2, -0.15) is 0 Å². The van der Waals surface area contributed by atoms with E-state index in [0.717, 1.165) is 12.3 Å². The highest BCUT2D eigenvalue weighted by molar-refractivity contribution is 7.92. The largest absolute Gasteiger partial charge is 0.573 e. The molecule has 0 fully saturated rings. The number of amides is 1. The van der Waals surface area contributed by atoms with Crippen LogP contribution in [0, 0.1) is 0 Å². The number of nitrogens with one attached hydrogen (secondary N) is 2. The summed E-state index contributed by atoms with van der Waals surface area (Å²) < 4.78 is 65.7. The second-order valence-electron chi connectivity index (χ2n) is 5.70. The van der Waals surface area contributed by atoms with Crippen molar-refractivity contribution in [2.75, 3.05) is 11.0 Å². The summed E-state index contributed by atoms with van der Waals surface area (Å²) in [6.45, 7) is -0.146. The van der Waals surface area contributed by atoms with E-state index < -0.39 is 22.3 Å². The fraction of sp³-hybridized carbons (Fsp3) is 0.167. The molecule has 0 radical (unpaired) electrons. The summed E-state index contributed by atoms with van der Waals surface area (Å²) >= 11 is 0. The first-order chi connectivity index (χ1) is 13.0. The molecule has 0 bridgehead atoms. The van der Waals surface area contributed by atoms with E-state index in [1.807, 2.05) is 0 Å². The fourth-order valence-corrected chi connectivity index (χ4v) is 2.73. The molecular formula is C18H17F3N2O4S. The summed E-state index contributed by atoms with van der Waals surface area (Å²) in [5, 5.41) is 2.47.